The van der Waals surface area contributed by atoms with Gasteiger partial charge in [0.05, 0.1) is 13.2 Å². The van der Waals surface area contributed by atoms with E-state index < -0.39 is 0 Å². The number of aryl methyl sites for hydroxylation is 1. The second-order valence-electron chi connectivity index (χ2n) is 7.84. The monoisotopic (exact) mass is 374 g/mol. The van der Waals surface area contributed by atoms with Crippen LogP contribution in [0.3, 0.4) is 0 Å². The van der Waals surface area contributed by atoms with Gasteiger partial charge in [-0.15, -0.1) is 0 Å². The van der Waals surface area contributed by atoms with Crippen LogP contribution in [-0.2, 0) is 26.0 Å². The van der Waals surface area contributed by atoms with Crippen LogP contribution in [0.2, 0.25) is 0 Å². The smallest absolute Gasteiger partial charge is 0.134 e. The molecular weight excluding hydrogens is 348 g/mol. The predicted octanol–water partition coefficient (Wildman–Crippen LogP) is 4.79. The molecule has 0 radical (unpaired) electrons. The topological polar surface area (TPSA) is 52.4 Å². The highest BCUT2D eigenvalue weighted by Crippen LogP contribution is 2.30. The number of H-pyrrole nitrogens is 1. The van der Waals surface area contributed by atoms with Gasteiger partial charge in [0, 0.05) is 34.6 Å². The Hall–Kier alpha value is -2.56. The molecule has 3 heterocycles. The van der Waals surface area contributed by atoms with Crippen molar-refractivity contribution in [3.63, 3.8) is 0 Å². The Kier molecular flexibility index (Phi) is 4.67. The first kappa shape index (κ1) is 17.5. The summed E-state index contributed by atoms with van der Waals surface area (Å²) in [5, 5.41) is 11.9. The first-order valence-corrected chi connectivity index (χ1v) is 10.2. The van der Waals surface area contributed by atoms with Gasteiger partial charge >= 0.3 is 0 Å². The van der Waals surface area contributed by atoms with Gasteiger partial charge in [-0.25, -0.2) is 0 Å². The summed E-state index contributed by atoms with van der Waals surface area (Å²) in [6, 6.07) is 14.6. The zero-order valence-corrected chi connectivity index (χ0v) is 16.1. The van der Waals surface area contributed by atoms with Crippen molar-refractivity contribution in [3.05, 3.63) is 71.1 Å². The van der Waals surface area contributed by atoms with E-state index in [1.807, 2.05) is 18.2 Å². The summed E-state index contributed by atoms with van der Waals surface area (Å²) in [5.74, 6) is 1.16. The van der Waals surface area contributed by atoms with E-state index in [9.17, 15) is 5.11 Å². The van der Waals surface area contributed by atoms with Crippen molar-refractivity contribution in [2.24, 2.45) is 0 Å². The van der Waals surface area contributed by atoms with Crippen molar-refractivity contribution in [2.75, 3.05) is 13.1 Å². The number of para-hydroxylation sites is 1. The van der Waals surface area contributed by atoms with Crippen LogP contribution in [0.4, 0.5) is 0 Å². The zero-order valence-electron chi connectivity index (χ0n) is 16.1. The van der Waals surface area contributed by atoms with Crippen molar-refractivity contribution in [1.29, 1.82) is 0 Å². The Morgan fingerprint density at radius 1 is 1.07 bits per heavy atom. The van der Waals surface area contributed by atoms with Gasteiger partial charge in [0.1, 0.15) is 11.3 Å². The fourth-order valence-corrected chi connectivity index (χ4v) is 4.48. The summed E-state index contributed by atoms with van der Waals surface area (Å²) in [6.45, 7) is 3.26. The maximum atomic E-state index is 9.28. The van der Waals surface area contributed by atoms with E-state index in [0.29, 0.717) is 0 Å². The second-order valence-corrected chi connectivity index (χ2v) is 7.84. The summed E-state index contributed by atoms with van der Waals surface area (Å²) in [6.07, 6.45) is 6.66. The Balaban J connectivity index is 1.17. The van der Waals surface area contributed by atoms with E-state index in [0.717, 1.165) is 54.9 Å². The summed E-state index contributed by atoms with van der Waals surface area (Å²) in [7, 11) is 0. The molecular formula is C24H26N2O2. The molecule has 2 aromatic carbocycles. The van der Waals surface area contributed by atoms with E-state index in [2.05, 4.69) is 40.3 Å². The minimum Gasteiger partial charge on any atom is -0.459 e. The Morgan fingerprint density at radius 2 is 2.00 bits per heavy atom. The molecule has 28 heavy (non-hydrogen) atoms. The summed E-state index contributed by atoms with van der Waals surface area (Å²) in [4.78, 5) is 5.86. The second kappa shape index (κ2) is 7.46. The normalized spacial score (nSPS) is 14.8. The van der Waals surface area contributed by atoms with Crippen molar-refractivity contribution in [1.82, 2.24) is 9.88 Å². The lowest BCUT2D eigenvalue weighted by Gasteiger charge is -2.25. The number of furan rings is 1. The third kappa shape index (κ3) is 3.23. The first-order chi connectivity index (χ1) is 13.8. The molecule has 144 valence electrons. The van der Waals surface area contributed by atoms with E-state index in [1.165, 1.54) is 34.7 Å². The highest BCUT2D eigenvalue weighted by molar-refractivity contribution is 5.84. The molecule has 2 N–H and O–H groups in total. The van der Waals surface area contributed by atoms with Crippen LogP contribution < -0.4 is 0 Å². The average Bonchev–Trinajstić information content (AvgIpc) is 3.31. The molecule has 0 saturated heterocycles. The molecule has 0 amide bonds. The molecule has 0 spiro atoms. The highest BCUT2D eigenvalue weighted by Gasteiger charge is 2.21. The molecule has 5 rings (SSSR count). The molecule has 1 aliphatic rings. The number of aliphatic hydroxyl groups is 1. The van der Waals surface area contributed by atoms with Gasteiger partial charge < -0.3 is 14.5 Å². The quantitative estimate of drug-likeness (QED) is 0.477. The highest BCUT2D eigenvalue weighted by atomic mass is 16.3. The van der Waals surface area contributed by atoms with Gasteiger partial charge in [0.25, 0.3) is 0 Å². The van der Waals surface area contributed by atoms with Crippen molar-refractivity contribution >= 4 is 21.9 Å². The Morgan fingerprint density at radius 3 is 2.93 bits per heavy atom. The van der Waals surface area contributed by atoms with Crippen molar-refractivity contribution in [3.8, 4) is 0 Å². The number of nitrogens with zero attached hydrogens (tertiary/aromatic N) is 1. The van der Waals surface area contributed by atoms with Crippen LogP contribution in [0.5, 0.6) is 0 Å². The predicted molar refractivity (Wildman–Crippen MR) is 112 cm³/mol. The van der Waals surface area contributed by atoms with Crippen LogP contribution in [0.25, 0.3) is 21.9 Å². The number of aromatic amines is 1. The van der Waals surface area contributed by atoms with Crippen LogP contribution >= 0.6 is 0 Å². The van der Waals surface area contributed by atoms with Gasteiger partial charge in [0.2, 0.25) is 0 Å². The maximum Gasteiger partial charge on any atom is 0.134 e. The minimum atomic E-state index is 0.0903. The largest absolute Gasteiger partial charge is 0.459 e. The molecule has 0 saturated carbocycles. The number of nitrogens with one attached hydrogen (secondary N) is 1. The Labute approximate surface area is 164 Å². The lowest BCUT2D eigenvalue weighted by Crippen LogP contribution is -2.30. The molecule has 2 aromatic heterocycles. The van der Waals surface area contributed by atoms with Crippen LogP contribution in [0, 0.1) is 0 Å². The van der Waals surface area contributed by atoms with Gasteiger partial charge in [-0.1, -0.05) is 30.3 Å². The number of fused-ring (bicyclic) bond motifs is 4. The third-order valence-electron chi connectivity index (χ3n) is 6.01. The minimum absolute atomic E-state index is 0.0903. The van der Waals surface area contributed by atoms with Crippen LogP contribution in [-0.4, -0.2) is 28.1 Å². The van der Waals surface area contributed by atoms with Crippen molar-refractivity contribution in [2.45, 2.75) is 38.8 Å². The molecule has 0 unspecified atom stereocenters. The summed E-state index contributed by atoms with van der Waals surface area (Å²) < 4.78 is 6.09. The number of hydrogen-bond acceptors (Lipinski definition) is 3. The summed E-state index contributed by atoms with van der Waals surface area (Å²) in [5.41, 5.74) is 5.88. The van der Waals surface area contributed by atoms with Crippen LogP contribution in [0.15, 0.2) is 53.1 Å². The number of rotatable bonds is 6. The fourth-order valence-electron chi connectivity index (χ4n) is 4.48. The van der Waals surface area contributed by atoms with Crippen LogP contribution in [0.1, 0.15) is 35.3 Å². The van der Waals surface area contributed by atoms with Crippen molar-refractivity contribution < 1.29 is 9.52 Å². The Bertz CT molecular complexity index is 1110. The molecule has 0 atom stereocenters. The third-order valence-corrected chi connectivity index (χ3v) is 6.01. The average molecular weight is 374 g/mol. The van der Waals surface area contributed by atoms with E-state index in [-0.39, 0.29) is 6.61 Å². The molecule has 4 heteroatoms. The van der Waals surface area contributed by atoms with E-state index in [4.69, 9.17) is 4.42 Å². The first-order valence-electron chi connectivity index (χ1n) is 10.2. The number of benzene rings is 2. The molecule has 1 aliphatic heterocycles. The van der Waals surface area contributed by atoms with Gasteiger partial charge in [0.15, 0.2) is 0 Å². The number of aromatic nitrogens is 1. The van der Waals surface area contributed by atoms with Gasteiger partial charge in [-0.3, -0.25) is 4.90 Å². The molecule has 4 aromatic rings. The fraction of sp³-hybridized carbons (Fsp3) is 0.333. The van der Waals surface area contributed by atoms with E-state index in [1.54, 1.807) is 0 Å². The molecule has 0 aliphatic carbocycles. The maximum absolute atomic E-state index is 9.28. The standard InChI is InChI=1S/C24H26N2O2/c27-16-17-8-9-19-18(14-25-22(19)13-17)5-3-4-11-26-12-10-21-20-6-1-2-7-23(20)28-24(21)15-26/h1-2,6-9,13-14,25,27H,3-5,10-12,15-16H2. The van der Waals surface area contributed by atoms with Gasteiger partial charge in [-0.2, -0.15) is 0 Å². The lowest BCUT2D eigenvalue weighted by molar-refractivity contribution is 0.227. The molecule has 4 nitrogen and oxygen atoms in total. The lowest BCUT2D eigenvalue weighted by atomic mass is 10.0. The van der Waals surface area contributed by atoms with E-state index >= 15 is 0 Å². The number of hydrogen-bond donors (Lipinski definition) is 2. The number of aliphatic hydroxyl groups excluding tert-OH is 1. The SMILES string of the molecule is OCc1ccc2c(CCCCN3CCc4c(oc5ccccc45)C3)c[nH]c2c1. The molecule has 0 fully saturated rings. The zero-order chi connectivity index (χ0) is 18.9. The molecule has 0 bridgehead atoms. The van der Waals surface area contributed by atoms with Gasteiger partial charge in [-0.05, 0) is 55.5 Å². The summed E-state index contributed by atoms with van der Waals surface area (Å²) >= 11 is 0. The number of unbranched alkanes of at least 4 members (excludes halogenated alkanes) is 1.